The number of benzene rings is 1. The third kappa shape index (κ3) is 25.3. The summed E-state index contributed by atoms with van der Waals surface area (Å²) in [5.74, 6) is -0.00557. The molecule has 5 N–H and O–H groups in total. The van der Waals surface area contributed by atoms with Crippen LogP contribution in [0.4, 0.5) is 0 Å². The number of amidine groups is 1. The van der Waals surface area contributed by atoms with Crippen LogP contribution in [0, 0.1) is 10.1 Å². The van der Waals surface area contributed by atoms with E-state index >= 15 is 0 Å². The second-order valence-corrected chi connectivity index (χ2v) is 9.99. The molecule has 0 heterocycles. The van der Waals surface area contributed by atoms with Gasteiger partial charge in [0.25, 0.3) is 12.2 Å². The first-order valence-electron chi connectivity index (χ1n) is 15.5. The summed E-state index contributed by atoms with van der Waals surface area (Å²) in [6.45, 7) is 20.6. The molecule has 1 aromatic carbocycles. The van der Waals surface area contributed by atoms with Crippen molar-refractivity contribution in [2.24, 2.45) is 10.7 Å². The van der Waals surface area contributed by atoms with Gasteiger partial charge in [-0.1, -0.05) is 102 Å². The Morgan fingerprint density at radius 1 is 1.17 bits per heavy atom. The average molecular weight is 685 g/mol. The smallest absolute Gasteiger partial charge is 0.290 e. The zero-order chi connectivity index (χ0) is 37.5. The van der Waals surface area contributed by atoms with Crippen LogP contribution in [0.25, 0.3) is 6.08 Å². The Labute approximate surface area is 291 Å². The van der Waals surface area contributed by atoms with Crippen LogP contribution in [-0.4, -0.2) is 39.4 Å². The van der Waals surface area contributed by atoms with Crippen LogP contribution >= 0.6 is 11.6 Å². The summed E-state index contributed by atoms with van der Waals surface area (Å²) in [4.78, 5) is 35.8. The Hall–Kier alpha value is -4.96. The lowest BCUT2D eigenvalue weighted by Crippen LogP contribution is -2.38. The lowest BCUT2D eigenvalue weighted by atomic mass is 9.97. The largest absolute Gasteiger partial charge is 0.513 e. The number of aliphatic hydroxyl groups excluding tert-OH is 1. The Balaban J connectivity index is -0.00000230. The van der Waals surface area contributed by atoms with Crippen molar-refractivity contribution < 1.29 is 24.7 Å². The molecule has 0 saturated carbocycles. The molecule has 0 aromatic heterocycles. The number of nitrogens with zero attached hydrogens (tertiary/aromatic N) is 2. The van der Waals surface area contributed by atoms with Crippen LogP contribution in [0.3, 0.4) is 0 Å². The number of nitrogens with two attached hydrogens (primary N) is 1. The van der Waals surface area contributed by atoms with Gasteiger partial charge in [-0.3, -0.25) is 19.7 Å². The SMILES string of the molecule is C=C\C(=C/C=C(C)/C=C/N=C(N)CC(NC(=O)/C=C/c1ccc(Cl)cc1)C(/C=C(/CC)CC(=C)O)=C/C)[N+](=O)[O-].CC.CCC.O=CO. The van der Waals surface area contributed by atoms with Gasteiger partial charge in [0.05, 0.1) is 16.7 Å². The molecule has 1 amide bonds. The van der Waals surface area contributed by atoms with Gasteiger partial charge < -0.3 is 21.3 Å². The van der Waals surface area contributed by atoms with Gasteiger partial charge in [-0.2, -0.15) is 0 Å². The summed E-state index contributed by atoms with van der Waals surface area (Å²) >= 11 is 5.93. The highest BCUT2D eigenvalue weighted by molar-refractivity contribution is 6.30. The van der Waals surface area contributed by atoms with Crippen LogP contribution in [0.15, 0.2) is 119 Å². The van der Waals surface area contributed by atoms with Gasteiger partial charge in [-0.25, -0.2) is 4.99 Å². The van der Waals surface area contributed by atoms with Gasteiger partial charge in [0, 0.05) is 42.3 Å². The summed E-state index contributed by atoms with van der Waals surface area (Å²) in [5, 5.41) is 31.0. The molecular weight excluding hydrogens is 632 g/mol. The first kappa shape index (κ1) is 47.4. The van der Waals surface area contributed by atoms with Crippen molar-refractivity contribution in [3.63, 3.8) is 0 Å². The van der Waals surface area contributed by atoms with Crippen molar-refractivity contribution in [1.29, 1.82) is 0 Å². The van der Waals surface area contributed by atoms with Crippen LogP contribution in [0.1, 0.15) is 79.7 Å². The van der Waals surface area contributed by atoms with Gasteiger partial charge in [-0.15, -0.1) is 0 Å². The summed E-state index contributed by atoms with van der Waals surface area (Å²) in [6.07, 6.45) is 16.6. The fraction of sp³-hybridized carbons (Fsp3) is 0.324. The number of rotatable bonds is 15. The molecule has 0 saturated heterocycles. The first-order chi connectivity index (χ1) is 22.8. The Bertz CT molecular complexity index is 1350. The number of hydrogen-bond donors (Lipinski definition) is 4. The van der Waals surface area contributed by atoms with Crippen molar-refractivity contribution in [3.8, 4) is 0 Å². The molecule has 1 atom stereocenters. The molecule has 0 fully saturated rings. The average Bonchev–Trinajstić information content (AvgIpc) is 3.04. The van der Waals surface area contributed by atoms with Gasteiger partial charge >= 0.3 is 0 Å². The Morgan fingerprint density at radius 2 is 1.73 bits per heavy atom. The Kier molecular flexibility index (Phi) is 30.3. The van der Waals surface area contributed by atoms with Gasteiger partial charge in [-0.05, 0) is 61.3 Å². The molecule has 48 heavy (non-hydrogen) atoms. The van der Waals surface area contributed by atoms with Crippen LogP contribution < -0.4 is 11.1 Å². The number of carbonyl (C=O) groups is 2. The topological polar surface area (TPSA) is 168 Å². The third-order valence-corrected chi connectivity index (χ3v) is 5.79. The third-order valence-electron chi connectivity index (χ3n) is 5.53. The summed E-state index contributed by atoms with van der Waals surface area (Å²) in [6, 6.07) is 6.58. The molecule has 0 aliphatic carbocycles. The summed E-state index contributed by atoms with van der Waals surface area (Å²) in [7, 11) is 0. The molecule has 0 radical (unpaired) electrons. The minimum atomic E-state index is -0.524. The predicted molar refractivity (Wildman–Crippen MR) is 201 cm³/mol. The first-order valence-corrected chi connectivity index (χ1v) is 15.9. The molecule has 1 aromatic rings. The molecule has 264 valence electrons. The quantitative estimate of drug-likeness (QED) is 0.0209. The van der Waals surface area contributed by atoms with E-state index in [1.54, 1.807) is 49.4 Å². The maximum atomic E-state index is 12.8. The normalized spacial score (nSPS) is 12.8. The standard InChI is InChI=1S/C31H37ClN4O4.C3H8.C2H6.CH2O2/c1-6-24(19-23(5)37)20-26(7-2)29(35-31(38)16-12-25-10-13-27(32)14-11-25)21-30(33)34-18-17-22(4)9-15-28(8-3)36(39)40;1-3-2;1-2;2-1-3/h7-18,20,29,37H,3,5-6,19,21H2,1-2,4H3,(H2,33,34)(H,35,38);3H2,1-2H3;1-2H3;1H,(H,2,3)/b16-12+,18-17+,22-9+,24-20-,26-7+,28-15+;;;. The fourth-order valence-electron chi connectivity index (χ4n) is 3.37. The number of carbonyl (C=O) groups excluding carboxylic acids is 1. The van der Waals surface area contributed by atoms with Gasteiger partial charge in [0.15, 0.2) is 0 Å². The van der Waals surface area contributed by atoms with Crippen LogP contribution in [0.5, 0.6) is 0 Å². The number of aliphatic hydroxyl groups is 1. The minimum Gasteiger partial charge on any atom is -0.513 e. The number of nitrogens with one attached hydrogen (secondary N) is 1. The van der Waals surface area contributed by atoms with E-state index in [2.05, 4.69) is 37.3 Å². The van der Waals surface area contributed by atoms with Gasteiger partial charge in [0.1, 0.15) is 5.84 Å². The maximum Gasteiger partial charge on any atom is 0.290 e. The minimum absolute atomic E-state index is 0.0536. The number of nitro groups is 1. The highest BCUT2D eigenvalue weighted by atomic mass is 35.5. The number of halogens is 1. The molecule has 11 heteroatoms. The molecule has 0 bridgehead atoms. The van der Waals surface area contributed by atoms with Crippen molar-refractivity contribution in [2.75, 3.05) is 0 Å². The van der Waals surface area contributed by atoms with E-state index in [1.165, 1.54) is 24.8 Å². The molecular formula is C37H53ClN4O6. The molecule has 0 aliphatic rings. The number of aliphatic imine (C=N–C) groups is 1. The van der Waals surface area contributed by atoms with Crippen LogP contribution in [-0.2, 0) is 9.59 Å². The predicted octanol–water partition coefficient (Wildman–Crippen LogP) is 9.28. The van der Waals surface area contributed by atoms with E-state index in [0.29, 0.717) is 23.4 Å². The fourth-order valence-corrected chi connectivity index (χ4v) is 3.49. The molecule has 0 aliphatic heterocycles. The molecule has 0 spiro atoms. The van der Waals surface area contributed by atoms with Crippen molar-refractivity contribution in [3.05, 3.63) is 135 Å². The number of hydrogen-bond acceptors (Lipinski definition) is 6. The van der Waals surface area contributed by atoms with Crippen LogP contribution in [0.2, 0.25) is 5.02 Å². The van der Waals surface area contributed by atoms with E-state index in [9.17, 15) is 20.0 Å². The van der Waals surface area contributed by atoms with Crippen molar-refractivity contribution >= 4 is 35.9 Å². The molecule has 10 nitrogen and oxygen atoms in total. The van der Waals surface area contributed by atoms with E-state index < -0.39 is 11.0 Å². The number of carboxylic acid groups (broad SMARTS) is 1. The second kappa shape index (κ2) is 30.7. The van der Waals surface area contributed by atoms with E-state index in [0.717, 1.165) is 22.8 Å². The zero-order valence-electron chi connectivity index (χ0n) is 29.3. The Morgan fingerprint density at radius 3 is 2.19 bits per heavy atom. The van der Waals surface area contributed by atoms with E-state index in [4.69, 9.17) is 27.2 Å². The highest BCUT2D eigenvalue weighted by Gasteiger charge is 2.17. The van der Waals surface area contributed by atoms with Crippen molar-refractivity contribution in [2.45, 2.75) is 80.2 Å². The number of allylic oxidation sites excluding steroid dienone is 7. The summed E-state index contributed by atoms with van der Waals surface area (Å²) in [5.41, 5.74) is 9.36. The van der Waals surface area contributed by atoms with Gasteiger partial charge in [0.2, 0.25) is 5.91 Å². The molecule has 1 unspecified atom stereocenters. The monoisotopic (exact) mass is 684 g/mol. The van der Waals surface area contributed by atoms with E-state index in [1.807, 2.05) is 39.8 Å². The van der Waals surface area contributed by atoms with Crippen molar-refractivity contribution in [1.82, 2.24) is 5.32 Å². The lowest BCUT2D eigenvalue weighted by Gasteiger charge is -2.20. The maximum absolute atomic E-state index is 12.8. The molecule has 1 rings (SSSR count). The lowest BCUT2D eigenvalue weighted by molar-refractivity contribution is -0.418. The second-order valence-electron chi connectivity index (χ2n) is 9.55. The summed E-state index contributed by atoms with van der Waals surface area (Å²) < 4.78 is 0. The van der Waals surface area contributed by atoms with E-state index in [-0.39, 0.29) is 36.1 Å². The highest BCUT2D eigenvalue weighted by Crippen LogP contribution is 2.18. The zero-order valence-corrected chi connectivity index (χ0v) is 30.0. The number of amides is 1.